The number of benzene rings is 1. The van der Waals surface area contributed by atoms with Gasteiger partial charge in [0.25, 0.3) is 11.8 Å². The highest BCUT2D eigenvalue weighted by Crippen LogP contribution is 2.34. The number of rotatable bonds is 8. The third kappa shape index (κ3) is 5.49. The molecule has 2 heterocycles. The summed E-state index contributed by atoms with van der Waals surface area (Å²) in [6.45, 7) is 7.04. The summed E-state index contributed by atoms with van der Waals surface area (Å²) in [5, 5.41) is 5.96. The topological polar surface area (TPSA) is 67.1 Å². The molecule has 6 nitrogen and oxygen atoms in total. The second-order valence-electron chi connectivity index (χ2n) is 7.98. The molecule has 2 aliphatic heterocycles. The van der Waals surface area contributed by atoms with Gasteiger partial charge in [0.2, 0.25) is 5.37 Å². The number of anilines is 1. The van der Waals surface area contributed by atoms with E-state index in [4.69, 9.17) is 0 Å². The summed E-state index contributed by atoms with van der Waals surface area (Å²) < 4.78 is 0. The van der Waals surface area contributed by atoms with Gasteiger partial charge in [-0.3, -0.25) is 9.59 Å². The fourth-order valence-corrected chi connectivity index (χ4v) is 5.09. The molecule has 1 aromatic carbocycles. The number of fused-ring (bicyclic) bond motifs is 1. The van der Waals surface area contributed by atoms with Crippen LogP contribution >= 0.6 is 11.8 Å². The van der Waals surface area contributed by atoms with Crippen LogP contribution in [0.4, 0.5) is 5.69 Å². The molecule has 0 spiro atoms. The van der Waals surface area contributed by atoms with Crippen LogP contribution in [0.5, 0.6) is 0 Å². The maximum Gasteiger partial charge on any atom is 0.294 e. The van der Waals surface area contributed by atoms with Gasteiger partial charge in [0.1, 0.15) is 0 Å². The second kappa shape index (κ2) is 10.3. The Morgan fingerprint density at radius 3 is 2.82 bits per heavy atom. The number of thioether (sulfide) groups is 1. The minimum Gasteiger partial charge on any atom is -0.346 e. The first-order chi connectivity index (χ1) is 13.6. The fourth-order valence-electron chi connectivity index (χ4n) is 3.88. The minimum atomic E-state index is -0.0749. The number of quaternary nitrogens is 2. The zero-order valence-corrected chi connectivity index (χ0v) is 17.9. The molecule has 7 heteroatoms. The number of nitrogens with one attached hydrogen (secondary N) is 4. The largest absolute Gasteiger partial charge is 0.346 e. The number of likely N-dealkylation sites (tertiary alicyclic amines) is 1. The molecule has 0 saturated carbocycles. The third-order valence-corrected chi connectivity index (χ3v) is 7.04. The first-order valence-electron chi connectivity index (χ1n) is 10.6. The van der Waals surface area contributed by atoms with Crippen LogP contribution in [0.15, 0.2) is 23.1 Å². The van der Waals surface area contributed by atoms with Gasteiger partial charge in [-0.2, -0.15) is 0 Å². The van der Waals surface area contributed by atoms with Crippen LogP contribution in [0, 0.1) is 0 Å². The van der Waals surface area contributed by atoms with Gasteiger partial charge in [0, 0.05) is 10.5 Å². The van der Waals surface area contributed by atoms with E-state index in [0.29, 0.717) is 12.1 Å². The molecule has 2 aliphatic rings. The van der Waals surface area contributed by atoms with Crippen molar-refractivity contribution < 1.29 is 19.4 Å². The van der Waals surface area contributed by atoms with E-state index in [9.17, 15) is 9.59 Å². The van der Waals surface area contributed by atoms with Crippen LogP contribution in [0.25, 0.3) is 0 Å². The van der Waals surface area contributed by atoms with Crippen molar-refractivity contribution in [3.8, 4) is 0 Å². The smallest absolute Gasteiger partial charge is 0.294 e. The predicted octanol–water partition coefficient (Wildman–Crippen LogP) is 0.170. The third-order valence-electron chi connectivity index (χ3n) is 5.64. The monoisotopic (exact) mass is 406 g/mol. The van der Waals surface area contributed by atoms with Crippen LogP contribution in [-0.4, -0.2) is 57.0 Å². The number of carbonyl (C=O) groups excluding carboxylic acids is 2. The van der Waals surface area contributed by atoms with E-state index < -0.39 is 0 Å². The standard InChI is InChI=1S/C21H32N4O2S/c1-3-4-11-24(2)14-10-22-19(26)16-8-9-18-17(15-16)23-20(27)21(28-18)25-12-6-5-7-13-25/h8-9,15,21H,3-7,10-14H2,1-2H3,(H,22,26)(H,23,27)/p+2. The van der Waals surface area contributed by atoms with Gasteiger partial charge in [0.15, 0.2) is 0 Å². The van der Waals surface area contributed by atoms with E-state index in [2.05, 4.69) is 24.6 Å². The van der Waals surface area contributed by atoms with Crippen LogP contribution in [-0.2, 0) is 4.79 Å². The lowest BCUT2D eigenvalue weighted by atomic mass is 10.1. The van der Waals surface area contributed by atoms with Crippen LogP contribution in [0.2, 0.25) is 0 Å². The number of hydrogen-bond donors (Lipinski definition) is 4. The molecule has 2 atom stereocenters. The molecule has 4 N–H and O–H groups in total. The Morgan fingerprint density at radius 2 is 2.07 bits per heavy atom. The number of carbonyl (C=O) groups is 2. The molecule has 28 heavy (non-hydrogen) atoms. The Bertz CT molecular complexity index is 691. The zero-order valence-electron chi connectivity index (χ0n) is 17.1. The van der Waals surface area contributed by atoms with Crippen molar-refractivity contribution in [2.45, 2.75) is 49.3 Å². The van der Waals surface area contributed by atoms with Crippen LogP contribution in [0.3, 0.4) is 0 Å². The van der Waals surface area contributed by atoms with Crippen LogP contribution < -0.4 is 20.4 Å². The highest BCUT2D eigenvalue weighted by atomic mass is 32.2. The Balaban J connectivity index is 1.56. The number of likely N-dealkylation sites (N-methyl/N-ethyl adjacent to an activating group) is 1. The summed E-state index contributed by atoms with van der Waals surface area (Å²) in [6.07, 6.45) is 6.07. The van der Waals surface area contributed by atoms with Gasteiger partial charge in [-0.15, -0.1) is 0 Å². The molecule has 2 unspecified atom stereocenters. The van der Waals surface area contributed by atoms with Crippen molar-refractivity contribution in [3.63, 3.8) is 0 Å². The van der Waals surface area contributed by atoms with E-state index in [0.717, 1.165) is 36.8 Å². The highest BCUT2D eigenvalue weighted by Gasteiger charge is 2.36. The molecule has 154 valence electrons. The average molecular weight is 407 g/mol. The van der Waals surface area contributed by atoms with Crippen molar-refractivity contribution in [2.75, 3.05) is 45.1 Å². The normalized spacial score (nSPS) is 20.9. The van der Waals surface area contributed by atoms with E-state index in [1.54, 1.807) is 11.8 Å². The predicted molar refractivity (Wildman–Crippen MR) is 113 cm³/mol. The van der Waals surface area contributed by atoms with Crippen molar-refractivity contribution >= 4 is 29.3 Å². The molecular weight excluding hydrogens is 372 g/mol. The van der Waals surface area contributed by atoms with Crippen molar-refractivity contribution in [1.29, 1.82) is 0 Å². The minimum absolute atomic E-state index is 0.0631. The Kier molecular flexibility index (Phi) is 7.76. The number of hydrogen-bond acceptors (Lipinski definition) is 3. The molecule has 1 aromatic rings. The number of amides is 2. The number of piperidine rings is 1. The molecule has 0 aromatic heterocycles. The SMILES string of the molecule is CCCC[NH+](C)CCNC(=O)c1ccc2c(c1)NC(=O)C([NH+]1CCCCC1)S2. The molecule has 0 bridgehead atoms. The summed E-state index contributed by atoms with van der Waals surface area (Å²) in [7, 11) is 2.16. The summed E-state index contributed by atoms with van der Waals surface area (Å²) >= 11 is 1.64. The van der Waals surface area contributed by atoms with Crippen molar-refractivity contribution in [2.24, 2.45) is 0 Å². The molecule has 0 radical (unpaired) electrons. The van der Waals surface area contributed by atoms with E-state index in [-0.39, 0.29) is 17.2 Å². The van der Waals surface area contributed by atoms with Gasteiger partial charge < -0.3 is 20.4 Å². The summed E-state index contributed by atoms with van der Waals surface area (Å²) in [6, 6.07) is 5.66. The molecule has 2 amide bonds. The summed E-state index contributed by atoms with van der Waals surface area (Å²) in [4.78, 5) is 29.0. The molecule has 1 fully saturated rings. The second-order valence-corrected chi connectivity index (χ2v) is 9.13. The lowest BCUT2D eigenvalue weighted by Crippen LogP contribution is -3.17. The van der Waals surface area contributed by atoms with E-state index in [1.807, 2.05) is 18.2 Å². The Labute approximate surface area is 172 Å². The van der Waals surface area contributed by atoms with Gasteiger partial charge in [-0.05, 0) is 43.9 Å². The van der Waals surface area contributed by atoms with Gasteiger partial charge in [-0.1, -0.05) is 25.1 Å². The Hall–Kier alpha value is -1.57. The van der Waals surface area contributed by atoms with Gasteiger partial charge >= 0.3 is 0 Å². The average Bonchev–Trinajstić information content (AvgIpc) is 2.71. The quantitative estimate of drug-likeness (QED) is 0.498. The number of unbranched alkanes of at least 4 members (excludes halogenated alkanes) is 1. The van der Waals surface area contributed by atoms with Gasteiger partial charge in [0.05, 0.1) is 45.5 Å². The lowest BCUT2D eigenvalue weighted by molar-refractivity contribution is -0.906. The maximum atomic E-state index is 12.6. The first-order valence-corrected chi connectivity index (χ1v) is 11.5. The Morgan fingerprint density at radius 1 is 1.29 bits per heavy atom. The summed E-state index contributed by atoms with van der Waals surface area (Å²) in [5.41, 5.74) is 1.37. The molecule has 3 rings (SSSR count). The summed E-state index contributed by atoms with van der Waals surface area (Å²) in [5.74, 6) is -0.0118. The van der Waals surface area contributed by atoms with E-state index >= 15 is 0 Å². The molecule has 0 aliphatic carbocycles. The van der Waals surface area contributed by atoms with Crippen molar-refractivity contribution in [3.05, 3.63) is 23.8 Å². The van der Waals surface area contributed by atoms with Gasteiger partial charge in [-0.25, -0.2) is 0 Å². The highest BCUT2D eigenvalue weighted by molar-refractivity contribution is 8.00. The zero-order chi connectivity index (χ0) is 19.9. The lowest BCUT2D eigenvalue weighted by Gasteiger charge is -2.33. The van der Waals surface area contributed by atoms with E-state index in [1.165, 1.54) is 41.9 Å². The first kappa shape index (κ1) is 21.1. The molecular formula is C21H34N4O2S+2. The van der Waals surface area contributed by atoms with Crippen molar-refractivity contribution in [1.82, 2.24) is 5.32 Å². The maximum absolute atomic E-state index is 12.6. The van der Waals surface area contributed by atoms with Crippen LogP contribution in [0.1, 0.15) is 49.4 Å². The molecule has 1 saturated heterocycles. The fraction of sp³-hybridized carbons (Fsp3) is 0.619.